The molecule has 1 aromatic rings. The van der Waals surface area contributed by atoms with Gasteiger partial charge < -0.3 is 15.3 Å². The zero-order valence-electron chi connectivity index (χ0n) is 15.3. The molecule has 0 saturated heterocycles. The standard InChI is InChI=1S/C17H24N2O6S/c1-5-13-6-7-14(10-15(13)26(4,24)25)16(21)19(11(2)17(22)23)9-8-18-12(3)20/h6-7,10-11H,5,8-9H2,1-4H3,(H,18,20)(H,22,23). The number of hydrogen-bond acceptors (Lipinski definition) is 5. The van der Waals surface area contributed by atoms with Crippen molar-refractivity contribution in [2.75, 3.05) is 19.3 Å². The van der Waals surface area contributed by atoms with Gasteiger partial charge in [-0.1, -0.05) is 13.0 Å². The van der Waals surface area contributed by atoms with Crippen LogP contribution < -0.4 is 5.32 Å². The highest BCUT2D eigenvalue weighted by atomic mass is 32.2. The molecule has 0 fully saturated rings. The minimum absolute atomic E-state index is 0.0182. The fourth-order valence-electron chi connectivity index (χ4n) is 2.45. The second-order valence-corrected chi connectivity index (χ2v) is 7.93. The fourth-order valence-corrected chi connectivity index (χ4v) is 3.48. The Labute approximate surface area is 153 Å². The number of carbonyl (C=O) groups is 3. The summed E-state index contributed by atoms with van der Waals surface area (Å²) in [5, 5.41) is 11.8. The fraction of sp³-hybridized carbons (Fsp3) is 0.471. The topological polar surface area (TPSA) is 121 Å². The molecule has 1 rings (SSSR count). The van der Waals surface area contributed by atoms with Crippen LogP contribution >= 0.6 is 0 Å². The quantitative estimate of drug-likeness (QED) is 0.681. The SMILES string of the molecule is CCc1ccc(C(=O)N(CCNC(C)=O)C(C)C(=O)O)cc1S(C)(=O)=O. The van der Waals surface area contributed by atoms with Crippen LogP contribution in [0.15, 0.2) is 23.1 Å². The van der Waals surface area contributed by atoms with Crippen molar-refractivity contribution in [1.29, 1.82) is 0 Å². The Balaban J connectivity index is 3.25. The number of aryl methyl sites for hydroxylation is 1. The molecule has 144 valence electrons. The molecule has 2 amide bonds. The van der Waals surface area contributed by atoms with Crippen LogP contribution in [0, 0.1) is 0 Å². The number of rotatable bonds is 8. The van der Waals surface area contributed by atoms with E-state index in [1.165, 1.54) is 26.0 Å². The molecule has 8 nitrogen and oxygen atoms in total. The Morgan fingerprint density at radius 1 is 1.27 bits per heavy atom. The number of carboxylic acids is 1. The lowest BCUT2D eigenvalue weighted by Crippen LogP contribution is -2.46. The molecule has 2 N–H and O–H groups in total. The van der Waals surface area contributed by atoms with Gasteiger partial charge in [-0.2, -0.15) is 0 Å². The first-order valence-corrected chi connectivity index (χ1v) is 9.99. The molecule has 1 aromatic carbocycles. The molecule has 0 saturated carbocycles. The summed E-state index contributed by atoms with van der Waals surface area (Å²) < 4.78 is 24.0. The van der Waals surface area contributed by atoms with E-state index in [-0.39, 0.29) is 29.5 Å². The van der Waals surface area contributed by atoms with E-state index in [1.807, 2.05) is 0 Å². The number of aliphatic carboxylic acids is 1. The van der Waals surface area contributed by atoms with Gasteiger partial charge in [-0.15, -0.1) is 0 Å². The molecule has 0 aliphatic carbocycles. The number of nitrogens with zero attached hydrogens (tertiary/aromatic N) is 1. The van der Waals surface area contributed by atoms with Gasteiger partial charge in [-0.3, -0.25) is 9.59 Å². The van der Waals surface area contributed by atoms with Gasteiger partial charge in [-0.25, -0.2) is 13.2 Å². The third-order valence-corrected chi connectivity index (χ3v) is 5.09. The third kappa shape index (κ3) is 5.55. The molecular formula is C17H24N2O6S. The monoisotopic (exact) mass is 384 g/mol. The van der Waals surface area contributed by atoms with Gasteiger partial charge in [0.05, 0.1) is 4.90 Å². The van der Waals surface area contributed by atoms with Crippen molar-refractivity contribution in [3.8, 4) is 0 Å². The Morgan fingerprint density at radius 2 is 1.88 bits per heavy atom. The molecule has 0 aliphatic rings. The third-order valence-electron chi connectivity index (χ3n) is 3.91. The summed E-state index contributed by atoms with van der Waals surface area (Å²) in [7, 11) is -3.54. The van der Waals surface area contributed by atoms with Crippen molar-refractivity contribution in [2.24, 2.45) is 0 Å². The van der Waals surface area contributed by atoms with Crippen molar-refractivity contribution in [1.82, 2.24) is 10.2 Å². The smallest absolute Gasteiger partial charge is 0.326 e. The number of carbonyl (C=O) groups excluding carboxylic acids is 2. The molecule has 0 aliphatic heterocycles. The summed E-state index contributed by atoms with van der Waals surface area (Å²) >= 11 is 0. The first-order chi connectivity index (χ1) is 12.0. The first kappa shape index (κ1) is 21.6. The van der Waals surface area contributed by atoms with E-state index in [9.17, 15) is 27.9 Å². The normalized spacial score (nSPS) is 12.3. The predicted octanol–water partition coefficient (Wildman–Crippen LogP) is 0.704. The molecule has 9 heteroatoms. The van der Waals surface area contributed by atoms with E-state index in [2.05, 4.69) is 5.32 Å². The Hall–Kier alpha value is -2.42. The molecule has 26 heavy (non-hydrogen) atoms. The highest BCUT2D eigenvalue weighted by Crippen LogP contribution is 2.20. The highest BCUT2D eigenvalue weighted by molar-refractivity contribution is 7.90. The molecule has 1 atom stereocenters. The van der Waals surface area contributed by atoms with Crippen LogP contribution in [0.4, 0.5) is 0 Å². The van der Waals surface area contributed by atoms with Crippen LogP contribution in [0.5, 0.6) is 0 Å². The number of amides is 2. The molecule has 0 aromatic heterocycles. The first-order valence-electron chi connectivity index (χ1n) is 8.10. The van der Waals surface area contributed by atoms with Crippen molar-refractivity contribution in [2.45, 2.75) is 38.1 Å². The summed E-state index contributed by atoms with van der Waals surface area (Å²) in [5.41, 5.74) is 0.665. The van der Waals surface area contributed by atoms with Crippen molar-refractivity contribution in [3.63, 3.8) is 0 Å². The van der Waals surface area contributed by atoms with Gasteiger partial charge in [0.1, 0.15) is 6.04 Å². The van der Waals surface area contributed by atoms with Crippen LogP contribution in [-0.2, 0) is 25.8 Å². The second kappa shape index (κ2) is 8.79. The van der Waals surface area contributed by atoms with Crippen LogP contribution in [0.3, 0.4) is 0 Å². The van der Waals surface area contributed by atoms with E-state index in [0.29, 0.717) is 12.0 Å². The Kier molecular flexibility index (Phi) is 7.31. The van der Waals surface area contributed by atoms with Gasteiger partial charge in [-0.05, 0) is 31.0 Å². The zero-order valence-corrected chi connectivity index (χ0v) is 16.1. The average molecular weight is 384 g/mol. The van der Waals surface area contributed by atoms with Crippen molar-refractivity contribution < 1.29 is 27.9 Å². The number of sulfone groups is 1. The summed E-state index contributed by atoms with van der Waals surface area (Å²) in [4.78, 5) is 36.3. The lowest BCUT2D eigenvalue weighted by Gasteiger charge is -2.27. The molecule has 0 bridgehead atoms. The summed E-state index contributed by atoms with van der Waals surface area (Å²) in [6.07, 6.45) is 1.54. The zero-order chi connectivity index (χ0) is 20.1. The lowest BCUT2D eigenvalue weighted by atomic mass is 10.1. The van der Waals surface area contributed by atoms with Crippen LogP contribution in [0.1, 0.15) is 36.7 Å². The molecule has 1 unspecified atom stereocenters. The number of nitrogens with one attached hydrogen (secondary N) is 1. The highest BCUT2D eigenvalue weighted by Gasteiger charge is 2.27. The summed E-state index contributed by atoms with van der Waals surface area (Å²) in [6.45, 7) is 4.54. The largest absolute Gasteiger partial charge is 0.480 e. The minimum Gasteiger partial charge on any atom is -0.480 e. The summed E-state index contributed by atoms with van der Waals surface area (Å²) in [5.74, 6) is -2.11. The van der Waals surface area contributed by atoms with E-state index >= 15 is 0 Å². The van der Waals surface area contributed by atoms with Crippen molar-refractivity contribution in [3.05, 3.63) is 29.3 Å². The van der Waals surface area contributed by atoms with E-state index in [1.54, 1.807) is 13.0 Å². The van der Waals surface area contributed by atoms with E-state index in [4.69, 9.17) is 0 Å². The number of hydrogen-bond donors (Lipinski definition) is 2. The number of benzene rings is 1. The van der Waals surface area contributed by atoms with Crippen LogP contribution in [0.2, 0.25) is 0 Å². The van der Waals surface area contributed by atoms with Gasteiger partial charge in [0.2, 0.25) is 5.91 Å². The molecule has 0 radical (unpaired) electrons. The van der Waals surface area contributed by atoms with Crippen LogP contribution in [0.25, 0.3) is 0 Å². The Bertz CT molecular complexity index is 803. The summed E-state index contributed by atoms with van der Waals surface area (Å²) in [6, 6.07) is 3.18. The lowest BCUT2D eigenvalue weighted by molar-refractivity contribution is -0.141. The minimum atomic E-state index is -3.54. The second-order valence-electron chi connectivity index (χ2n) is 5.94. The predicted molar refractivity (Wildman–Crippen MR) is 95.7 cm³/mol. The van der Waals surface area contributed by atoms with E-state index in [0.717, 1.165) is 11.2 Å². The van der Waals surface area contributed by atoms with Crippen molar-refractivity contribution >= 4 is 27.6 Å². The molecular weight excluding hydrogens is 360 g/mol. The van der Waals surface area contributed by atoms with Gasteiger partial charge >= 0.3 is 5.97 Å². The average Bonchev–Trinajstić information content (AvgIpc) is 2.55. The van der Waals surface area contributed by atoms with Gasteiger partial charge in [0.25, 0.3) is 5.91 Å². The maximum absolute atomic E-state index is 12.8. The van der Waals surface area contributed by atoms with Gasteiger partial charge in [0, 0.05) is 31.8 Å². The van der Waals surface area contributed by atoms with Crippen LogP contribution in [-0.4, -0.2) is 61.6 Å². The Morgan fingerprint density at radius 3 is 2.35 bits per heavy atom. The van der Waals surface area contributed by atoms with Gasteiger partial charge in [0.15, 0.2) is 9.84 Å². The maximum Gasteiger partial charge on any atom is 0.326 e. The maximum atomic E-state index is 12.8. The number of carboxylic acid groups (broad SMARTS) is 1. The molecule has 0 heterocycles. The molecule has 0 spiro atoms. The van der Waals surface area contributed by atoms with E-state index < -0.39 is 27.8 Å².